The Hall–Kier alpha value is -1.20. The van der Waals surface area contributed by atoms with Crippen LogP contribution in [0.2, 0.25) is 15.1 Å². The van der Waals surface area contributed by atoms with Crippen LogP contribution in [0.5, 0.6) is 0 Å². The molecule has 0 radical (unpaired) electrons. The third-order valence-corrected chi connectivity index (χ3v) is 5.65. The minimum atomic E-state index is -0.0509. The predicted molar refractivity (Wildman–Crippen MR) is 112 cm³/mol. The van der Waals surface area contributed by atoms with Crippen molar-refractivity contribution in [2.45, 2.75) is 31.3 Å². The van der Waals surface area contributed by atoms with Gasteiger partial charge in [0.15, 0.2) is 5.16 Å². The molecule has 0 fully saturated rings. The van der Waals surface area contributed by atoms with Gasteiger partial charge in [-0.2, -0.15) is 0 Å². The fourth-order valence-electron chi connectivity index (χ4n) is 2.59. The second-order valence-corrected chi connectivity index (χ2v) is 8.61. The van der Waals surface area contributed by atoms with Gasteiger partial charge in [0.1, 0.15) is 0 Å². The molecule has 1 heterocycles. The van der Waals surface area contributed by atoms with Gasteiger partial charge in [0, 0.05) is 27.4 Å². The molecule has 0 amide bonds. The second-order valence-electron chi connectivity index (χ2n) is 6.39. The van der Waals surface area contributed by atoms with Crippen LogP contribution in [0, 0.1) is 5.92 Å². The molecule has 0 bridgehead atoms. The molecule has 0 aliphatic carbocycles. The standard InChI is InChI=1S/C19H17Cl3N2OS/c1-11(2)9-24-18(25)15-6-5-14(21)8-17(15)23-19(24)26-10-12-3-4-13(20)7-16(12)22/h3-8,11H,9-10H2,1-2H3. The van der Waals surface area contributed by atoms with E-state index in [0.717, 1.165) is 5.56 Å². The van der Waals surface area contributed by atoms with Crippen molar-refractivity contribution in [1.82, 2.24) is 9.55 Å². The van der Waals surface area contributed by atoms with Crippen molar-refractivity contribution < 1.29 is 0 Å². The molecule has 0 atom stereocenters. The van der Waals surface area contributed by atoms with Gasteiger partial charge in [-0.25, -0.2) is 4.98 Å². The lowest BCUT2D eigenvalue weighted by Crippen LogP contribution is -2.25. The van der Waals surface area contributed by atoms with Gasteiger partial charge in [-0.1, -0.05) is 66.5 Å². The van der Waals surface area contributed by atoms with E-state index in [1.165, 1.54) is 11.8 Å². The summed E-state index contributed by atoms with van der Waals surface area (Å²) in [6.45, 7) is 4.74. The molecule has 0 aliphatic heterocycles. The first-order chi connectivity index (χ1) is 12.3. The molecule has 0 spiro atoms. The Labute approximate surface area is 171 Å². The van der Waals surface area contributed by atoms with E-state index in [-0.39, 0.29) is 5.56 Å². The Morgan fingerprint density at radius 3 is 2.46 bits per heavy atom. The summed E-state index contributed by atoms with van der Waals surface area (Å²) >= 11 is 19.8. The van der Waals surface area contributed by atoms with Crippen LogP contribution in [0.4, 0.5) is 0 Å². The van der Waals surface area contributed by atoms with Gasteiger partial charge in [-0.3, -0.25) is 9.36 Å². The number of hydrogen-bond acceptors (Lipinski definition) is 3. The highest BCUT2D eigenvalue weighted by Gasteiger charge is 2.14. The maximum Gasteiger partial charge on any atom is 0.262 e. The van der Waals surface area contributed by atoms with Crippen LogP contribution < -0.4 is 5.56 Å². The molecular formula is C19H17Cl3N2OS. The molecule has 0 unspecified atom stereocenters. The summed E-state index contributed by atoms with van der Waals surface area (Å²) in [5, 5.41) is 2.99. The van der Waals surface area contributed by atoms with Crippen molar-refractivity contribution in [3.63, 3.8) is 0 Å². The maximum atomic E-state index is 12.9. The van der Waals surface area contributed by atoms with E-state index >= 15 is 0 Å². The van der Waals surface area contributed by atoms with Crippen molar-refractivity contribution in [2.24, 2.45) is 5.92 Å². The molecule has 26 heavy (non-hydrogen) atoms. The van der Waals surface area contributed by atoms with Gasteiger partial charge in [0.25, 0.3) is 5.56 Å². The minimum absolute atomic E-state index is 0.0509. The first-order valence-corrected chi connectivity index (χ1v) is 10.2. The zero-order valence-electron chi connectivity index (χ0n) is 14.3. The Kier molecular flexibility index (Phi) is 6.18. The van der Waals surface area contributed by atoms with Gasteiger partial charge >= 0.3 is 0 Å². The van der Waals surface area contributed by atoms with E-state index in [4.69, 9.17) is 34.8 Å². The number of halogens is 3. The molecule has 3 rings (SSSR count). The number of hydrogen-bond donors (Lipinski definition) is 0. The van der Waals surface area contributed by atoms with E-state index < -0.39 is 0 Å². The average molecular weight is 428 g/mol. The minimum Gasteiger partial charge on any atom is -0.287 e. The van der Waals surface area contributed by atoms with Crippen LogP contribution in [0.15, 0.2) is 46.3 Å². The van der Waals surface area contributed by atoms with Gasteiger partial charge in [0.05, 0.1) is 10.9 Å². The molecule has 0 N–H and O–H groups in total. The highest BCUT2D eigenvalue weighted by molar-refractivity contribution is 7.98. The van der Waals surface area contributed by atoms with Crippen LogP contribution in [0.1, 0.15) is 19.4 Å². The molecule has 0 saturated carbocycles. The van der Waals surface area contributed by atoms with E-state index in [9.17, 15) is 4.79 Å². The first kappa shape index (κ1) is 19.6. The topological polar surface area (TPSA) is 34.9 Å². The lowest BCUT2D eigenvalue weighted by Gasteiger charge is -2.15. The number of rotatable bonds is 5. The molecule has 3 nitrogen and oxygen atoms in total. The summed E-state index contributed by atoms with van der Waals surface area (Å²) in [5.74, 6) is 0.907. The smallest absolute Gasteiger partial charge is 0.262 e. The average Bonchev–Trinajstić information content (AvgIpc) is 2.56. The number of fused-ring (bicyclic) bond motifs is 1. The van der Waals surface area contributed by atoms with E-state index in [1.54, 1.807) is 34.9 Å². The normalized spacial score (nSPS) is 11.5. The summed E-state index contributed by atoms with van der Waals surface area (Å²) in [6, 6.07) is 10.6. The third kappa shape index (κ3) is 4.37. The number of benzene rings is 2. The van der Waals surface area contributed by atoms with Gasteiger partial charge < -0.3 is 0 Å². The lowest BCUT2D eigenvalue weighted by atomic mass is 10.2. The SMILES string of the molecule is CC(C)Cn1c(SCc2ccc(Cl)cc2Cl)nc2cc(Cl)ccc2c1=O. The fourth-order valence-corrected chi connectivity index (χ4v) is 4.32. The monoisotopic (exact) mass is 426 g/mol. The molecule has 2 aromatic carbocycles. The maximum absolute atomic E-state index is 12.9. The Balaban J connectivity index is 2.03. The largest absolute Gasteiger partial charge is 0.287 e. The molecule has 0 saturated heterocycles. The number of aromatic nitrogens is 2. The quantitative estimate of drug-likeness (QED) is 0.354. The van der Waals surface area contributed by atoms with Gasteiger partial charge in [-0.05, 0) is 41.8 Å². The number of thioether (sulfide) groups is 1. The Morgan fingerprint density at radius 1 is 1.08 bits per heavy atom. The summed E-state index contributed by atoms with van der Waals surface area (Å²) in [7, 11) is 0. The fraction of sp³-hybridized carbons (Fsp3) is 0.263. The third-order valence-electron chi connectivity index (χ3n) is 3.80. The summed E-state index contributed by atoms with van der Waals surface area (Å²) in [5.41, 5.74) is 1.50. The predicted octanol–water partition coefficient (Wildman–Crippen LogP) is 6.31. The van der Waals surface area contributed by atoms with Gasteiger partial charge in [-0.15, -0.1) is 0 Å². The highest BCUT2D eigenvalue weighted by Crippen LogP contribution is 2.28. The zero-order chi connectivity index (χ0) is 18.8. The van der Waals surface area contributed by atoms with Crippen molar-refractivity contribution in [3.05, 3.63) is 67.4 Å². The molecule has 136 valence electrons. The summed E-state index contributed by atoms with van der Waals surface area (Å²) in [6.07, 6.45) is 0. The van der Waals surface area contributed by atoms with Crippen LogP contribution in [-0.4, -0.2) is 9.55 Å². The van der Waals surface area contributed by atoms with Crippen molar-refractivity contribution in [2.75, 3.05) is 0 Å². The molecule has 7 heteroatoms. The molecule has 3 aromatic rings. The van der Waals surface area contributed by atoms with Crippen LogP contribution in [0.25, 0.3) is 10.9 Å². The highest BCUT2D eigenvalue weighted by atomic mass is 35.5. The van der Waals surface area contributed by atoms with E-state index in [2.05, 4.69) is 18.8 Å². The zero-order valence-corrected chi connectivity index (χ0v) is 17.4. The van der Waals surface area contributed by atoms with Crippen LogP contribution in [0.3, 0.4) is 0 Å². The van der Waals surface area contributed by atoms with Gasteiger partial charge in [0.2, 0.25) is 0 Å². The molecule has 0 aliphatic rings. The molecule has 1 aromatic heterocycles. The van der Waals surface area contributed by atoms with Crippen LogP contribution >= 0.6 is 46.6 Å². The van der Waals surface area contributed by atoms with E-state index in [1.807, 2.05) is 6.07 Å². The van der Waals surface area contributed by atoms with E-state index in [0.29, 0.717) is 49.3 Å². The summed E-state index contributed by atoms with van der Waals surface area (Å²) < 4.78 is 1.73. The first-order valence-electron chi connectivity index (χ1n) is 8.12. The molecular weight excluding hydrogens is 411 g/mol. The lowest BCUT2D eigenvalue weighted by molar-refractivity contribution is 0.475. The van der Waals surface area contributed by atoms with Crippen molar-refractivity contribution >= 4 is 57.5 Å². The summed E-state index contributed by atoms with van der Waals surface area (Å²) in [4.78, 5) is 17.6. The van der Waals surface area contributed by atoms with Crippen molar-refractivity contribution in [1.29, 1.82) is 0 Å². The van der Waals surface area contributed by atoms with Crippen molar-refractivity contribution in [3.8, 4) is 0 Å². The Morgan fingerprint density at radius 2 is 1.77 bits per heavy atom. The van der Waals surface area contributed by atoms with Crippen LogP contribution in [-0.2, 0) is 12.3 Å². The number of nitrogens with zero attached hydrogens (tertiary/aromatic N) is 2. The second kappa shape index (κ2) is 8.22. The Bertz CT molecular complexity index is 1020.